The van der Waals surface area contributed by atoms with Crippen molar-refractivity contribution in [2.24, 2.45) is 5.14 Å². The zero-order valence-electron chi connectivity index (χ0n) is 7.12. The summed E-state index contributed by atoms with van der Waals surface area (Å²) < 4.78 is 34.5. The summed E-state index contributed by atoms with van der Waals surface area (Å²) >= 11 is 0. The van der Waals surface area contributed by atoms with Crippen LogP contribution in [0.2, 0.25) is 0 Å². The third-order valence-electron chi connectivity index (χ3n) is 1.70. The molecule has 0 saturated carbocycles. The summed E-state index contributed by atoms with van der Waals surface area (Å²) in [6, 6.07) is 4.38. The lowest BCUT2D eigenvalue weighted by Gasteiger charge is -2.04. The van der Waals surface area contributed by atoms with Gasteiger partial charge in [0.2, 0.25) is 10.0 Å². The maximum absolute atomic E-state index is 13.1. The summed E-state index contributed by atoms with van der Waals surface area (Å²) in [7, 11) is -3.66. The fraction of sp³-hybridized carbons (Fsp3) is 0.250. The van der Waals surface area contributed by atoms with Crippen LogP contribution in [-0.2, 0) is 15.8 Å². The quantitative estimate of drug-likeness (QED) is 0.777. The maximum atomic E-state index is 13.1. The van der Waals surface area contributed by atoms with Crippen molar-refractivity contribution in [1.82, 2.24) is 0 Å². The highest BCUT2D eigenvalue weighted by Gasteiger charge is 2.11. The Kier molecular flexibility index (Phi) is 2.68. The van der Waals surface area contributed by atoms with E-state index in [0.717, 1.165) is 0 Å². The van der Waals surface area contributed by atoms with E-state index in [9.17, 15) is 12.8 Å². The van der Waals surface area contributed by atoms with E-state index in [1.807, 2.05) is 0 Å². The minimum absolute atomic E-state index is 0.144. The molecule has 0 aromatic heterocycles. The molecule has 5 heteroatoms. The van der Waals surface area contributed by atoms with Gasteiger partial charge in [-0.15, -0.1) is 0 Å². The SMILES string of the molecule is Cc1cccc(F)c1CS(N)(=O)=O. The van der Waals surface area contributed by atoms with Crippen molar-refractivity contribution in [3.63, 3.8) is 0 Å². The first-order chi connectivity index (χ1) is 5.90. The topological polar surface area (TPSA) is 60.2 Å². The first kappa shape index (κ1) is 10.1. The summed E-state index contributed by atoms with van der Waals surface area (Å²) in [4.78, 5) is 0. The number of rotatable bonds is 2. The van der Waals surface area contributed by atoms with E-state index in [0.29, 0.717) is 5.56 Å². The molecule has 0 unspecified atom stereocenters. The molecule has 1 aromatic carbocycles. The third-order valence-corrected chi connectivity index (χ3v) is 2.39. The Morgan fingerprint density at radius 2 is 2.08 bits per heavy atom. The number of sulfonamides is 1. The molecule has 0 radical (unpaired) electrons. The monoisotopic (exact) mass is 203 g/mol. The highest BCUT2D eigenvalue weighted by atomic mass is 32.2. The minimum atomic E-state index is -3.66. The van der Waals surface area contributed by atoms with Crippen LogP contribution >= 0.6 is 0 Å². The Hall–Kier alpha value is -0.940. The molecule has 1 rings (SSSR count). The van der Waals surface area contributed by atoms with E-state index in [-0.39, 0.29) is 5.56 Å². The number of benzene rings is 1. The lowest BCUT2D eigenvalue weighted by Crippen LogP contribution is -2.16. The average Bonchev–Trinajstić information content (AvgIpc) is 1.95. The largest absolute Gasteiger partial charge is 0.228 e. The summed E-state index contributed by atoms with van der Waals surface area (Å²) in [6.07, 6.45) is 0. The highest BCUT2D eigenvalue weighted by Crippen LogP contribution is 2.14. The fourth-order valence-electron chi connectivity index (χ4n) is 1.05. The van der Waals surface area contributed by atoms with Crippen molar-refractivity contribution in [3.8, 4) is 0 Å². The van der Waals surface area contributed by atoms with E-state index >= 15 is 0 Å². The molecule has 0 spiro atoms. The third kappa shape index (κ3) is 2.78. The van der Waals surface area contributed by atoms with Crippen LogP contribution in [0.4, 0.5) is 4.39 Å². The predicted octanol–water partition coefficient (Wildman–Crippen LogP) is 0.923. The number of aryl methyl sites for hydroxylation is 1. The molecule has 2 N–H and O–H groups in total. The first-order valence-corrected chi connectivity index (χ1v) is 5.36. The summed E-state index contributed by atoms with van der Waals surface area (Å²) in [5.74, 6) is -0.986. The molecule has 0 aliphatic heterocycles. The van der Waals surface area contributed by atoms with Gasteiger partial charge in [-0.25, -0.2) is 17.9 Å². The number of primary sulfonamides is 1. The predicted molar refractivity (Wildman–Crippen MR) is 47.9 cm³/mol. The van der Waals surface area contributed by atoms with Crippen LogP contribution in [0.1, 0.15) is 11.1 Å². The molecule has 0 aliphatic carbocycles. The molecule has 13 heavy (non-hydrogen) atoms. The van der Waals surface area contributed by atoms with Crippen molar-refractivity contribution < 1.29 is 12.8 Å². The van der Waals surface area contributed by atoms with Gasteiger partial charge in [0.1, 0.15) is 5.82 Å². The molecule has 0 fully saturated rings. The molecule has 1 aromatic rings. The Morgan fingerprint density at radius 3 is 2.54 bits per heavy atom. The Balaban J connectivity index is 3.15. The van der Waals surface area contributed by atoms with Crippen molar-refractivity contribution in [2.75, 3.05) is 0 Å². The number of hydrogen-bond acceptors (Lipinski definition) is 2. The van der Waals surface area contributed by atoms with Gasteiger partial charge in [0.25, 0.3) is 0 Å². The molecule has 0 bridgehead atoms. The van der Waals surface area contributed by atoms with Gasteiger partial charge >= 0.3 is 0 Å². The molecule has 0 heterocycles. The normalized spacial score (nSPS) is 11.6. The van der Waals surface area contributed by atoms with E-state index < -0.39 is 21.6 Å². The second-order valence-corrected chi connectivity index (χ2v) is 4.46. The molecular weight excluding hydrogens is 193 g/mol. The first-order valence-electron chi connectivity index (χ1n) is 3.64. The zero-order chi connectivity index (χ0) is 10.1. The summed E-state index contributed by atoms with van der Waals surface area (Å²) in [6.45, 7) is 1.64. The summed E-state index contributed by atoms with van der Waals surface area (Å²) in [5.41, 5.74) is 0.735. The second kappa shape index (κ2) is 3.43. The average molecular weight is 203 g/mol. The van der Waals surface area contributed by atoms with E-state index in [2.05, 4.69) is 0 Å². The van der Waals surface area contributed by atoms with Crippen LogP contribution in [-0.4, -0.2) is 8.42 Å². The lowest BCUT2D eigenvalue weighted by atomic mass is 10.1. The van der Waals surface area contributed by atoms with Crippen molar-refractivity contribution in [3.05, 3.63) is 35.1 Å². The van der Waals surface area contributed by atoms with E-state index in [4.69, 9.17) is 5.14 Å². The van der Waals surface area contributed by atoms with Crippen LogP contribution in [0, 0.1) is 12.7 Å². The van der Waals surface area contributed by atoms with Gasteiger partial charge in [-0.1, -0.05) is 12.1 Å². The van der Waals surface area contributed by atoms with Gasteiger partial charge in [0.05, 0.1) is 5.75 Å². The Bertz CT molecular complexity index is 394. The zero-order valence-corrected chi connectivity index (χ0v) is 7.94. The van der Waals surface area contributed by atoms with Crippen LogP contribution in [0.15, 0.2) is 18.2 Å². The number of hydrogen-bond donors (Lipinski definition) is 1. The van der Waals surface area contributed by atoms with Gasteiger partial charge in [-0.3, -0.25) is 0 Å². The lowest BCUT2D eigenvalue weighted by molar-refractivity contribution is 0.587. The number of halogens is 1. The molecule has 0 saturated heterocycles. The van der Waals surface area contributed by atoms with Gasteiger partial charge in [-0.2, -0.15) is 0 Å². The fourth-order valence-corrected chi connectivity index (χ4v) is 1.82. The smallest absolute Gasteiger partial charge is 0.213 e. The van der Waals surface area contributed by atoms with Gasteiger partial charge in [-0.05, 0) is 18.6 Å². The number of nitrogens with two attached hydrogens (primary N) is 1. The molecule has 0 amide bonds. The Labute approximate surface area is 76.4 Å². The second-order valence-electron chi connectivity index (χ2n) is 2.84. The van der Waals surface area contributed by atoms with Crippen LogP contribution in [0.5, 0.6) is 0 Å². The van der Waals surface area contributed by atoms with Gasteiger partial charge < -0.3 is 0 Å². The molecule has 72 valence electrons. The molecule has 0 atom stereocenters. The van der Waals surface area contributed by atoms with Crippen molar-refractivity contribution in [1.29, 1.82) is 0 Å². The standard InChI is InChI=1S/C8H10FNO2S/c1-6-3-2-4-8(9)7(6)5-13(10,11)12/h2-4H,5H2,1H3,(H2,10,11,12). The summed E-state index contributed by atoms with van der Waals surface area (Å²) in [5, 5.41) is 4.81. The van der Waals surface area contributed by atoms with Crippen molar-refractivity contribution in [2.45, 2.75) is 12.7 Å². The van der Waals surface area contributed by atoms with Crippen LogP contribution in [0.3, 0.4) is 0 Å². The van der Waals surface area contributed by atoms with Crippen LogP contribution < -0.4 is 5.14 Å². The van der Waals surface area contributed by atoms with Gasteiger partial charge in [0.15, 0.2) is 0 Å². The minimum Gasteiger partial charge on any atom is -0.228 e. The molecular formula is C8H10FNO2S. The van der Waals surface area contributed by atoms with Gasteiger partial charge in [0, 0.05) is 5.56 Å². The Morgan fingerprint density at radius 1 is 1.46 bits per heavy atom. The molecule has 3 nitrogen and oxygen atoms in total. The maximum Gasteiger partial charge on any atom is 0.213 e. The highest BCUT2D eigenvalue weighted by molar-refractivity contribution is 7.88. The molecule has 0 aliphatic rings. The van der Waals surface area contributed by atoms with E-state index in [1.54, 1.807) is 13.0 Å². The van der Waals surface area contributed by atoms with Crippen LogP contribution in [0.25, 0.3) is 0 Å². The van der Waals surface area contributed by atoms with Crippen molar-refractivity contribution >= 4 is 10.0 Å². The van der Waals surface area contributed by atoms with E-state index in [1.165, 1.54) is 12.1 Å².